The van der Waals surface area contributed by atoms with Crippen molar-refractivity contribution in [3.8, 4) is 22.3 Å². The zero-order valence-corrected chi connectivity index (χ0v) is 27.9. The molecule has 4 aliphatic rings. The molecule has 238 valence electrons. The van der Waals surface area contributed by atoms with E-state index in [1.54, 1.807) is 0 Å². The van der Waals surface area contributed by atoms with Crippen LogP contribution in [-0.4, -0.2) is 0 Å². The van der Waals surface area contributed by atoms with E-state index < -0.39 is 0 Å². The van der Waals surface area contributed by atoms with Crippen LogP contribution in [0.2, 0.25) is 0 Å². The van der Waals surface area contributed by atoms with Gasteiger partial charge in [0, 0.05) is 21.2 Å². The highest BCUT2D eigenvalue weighted by molar-refractivity contribution is 7.23. The van der Waals surface area contributed by atoms with Gasteiger partial charge in [-0.2, -0.15) is 0 Å². The van der Waals surface area contributed by atoms with Crippen molar-refractivity contribution in [3.63, 3.8) is 0 Å². The second kappa shape index (κ2) is 10.7. The quantitative estimate of drug-likeness (QED) is 0.176. The van der Waals surface area contributed by atoms with Gasteiger partial charge in [0.15, 0.2) is 0 Å². The molecule has 4 nitrogen and oxygen atoms in total. The Labute approximate surface area is 295 Å². The zero-order chi connectivity index (χ0) is 32.8. The predicted molar refractivity (Wildman–Crippen MR) is 211 cm³/mol. The number of hydrogen-bond donors (Lipinski definition) is 3. The smallest absolute Gasteiger partial charge is 0.131 e. The first-order chi connectivity index (χ1) is 24.8. The third-order valence-electron chi connectivity index (χ3n) is 10.7. The summed E-state index contributed by atoms with van der Waals surface area (Å²) in [7, 11) is 0. The van der Waals surface area contributed by atoms with E-state index in [9.17, 15) is 0 Å². The van der Waals surface area contributed by atoms with E-state index >= 15 is 0 Å². The summed E-state index contributed by atoms with van der Waals surface area (Å²) in [5.74, 6) is 0. The highest BCUT2D eigenvalue weighted by atomic mass is 32.1. The monoisotopic (exact) mass is 660 g/mol. The minimum atomic E-state index is 0.0565. The van der Waals surface area contributed by atoms with Crippen LogP contribution in [-0.2, 0) is 0 Å². The molecule has 4 aliphatic heterocycles. The van der Waals surface area contributed by atoms with E-state index in [1.807, 2.05) is 11.3 Å². The van der Waals surface area contributed by atoms with E-state index in [1.165, 1.54) is 76.5 Å². The van der Waals surface area contributed by atoms with Gasteiger partial charge in [0.05, 0.1) is 34.8 Å². The van der Waals surface area contributed by atoms with E-state index in [4.69, 9.17) is 0 Å². The van der Waals surface area contributed by atoms with Crippen LogP contribution in [0.3, 0.4) is 0 Å². The van der Waals surface area contributed by atoms with Crippen molar-refractivity contribution >= 4 is 61.3 Å². The molecule has 0 saturated heterocycles. The Morgan fingerprint density at radius 1 is 0.560 bits per heavy atom. The van der Waals surface area contributed by atoms with Crippen LogP contribution in [0, 0.1) is 0 Å². The Bertz CT molecular complexity index is 2560. The zero-order valence-electron chi connectivity index (χ0n) is 27.1. The molecule has 0 radical (unpaired) electrons. The molecule has 6 aromatic carbocycles. The lowest BCUT2D eigenvalue weighted by molar-refractivity contribution is 0.827. The number of hydrogen-bond acceptors (Lipinski definition) is 5. The number of rotatable bonds is 3. The molecule has 0 aliphatic carbocycles. The van der Waals surface area contributed by atoms with Gasteiger partial charge in [-0.05, 0) is 69.3 Å². The largest absolute Gasteiger partial charge is 0.373 e. The maximum atomic E-state index is 3.91. The van der Waals surface area contributed by atoms with Crippen molar-refractivity contribution in [2.75, 3.05) is 20.9 Å². The molecule has 5 heteroatoms. The van der Waals surface area contributed by atoms with Gasteiger partial charge in [0.25, 0.3) is 0 Å². The first-order valence-corrected chi connectivity index (χ1v) is 18.1. The molecule has 7 aromatic rings. The standard InChI is InChI=1S/C45H32N4S/c1-2-9-27(10-3-1)36-22-19-28-17-18-29-20-23-37(47-43(29)42(28)46-36)32-12-8-11-30(25-32)31-21-24-40-35(26-31)41-33-13-4-5-14-34(33)44-48-38-15-6-7-16-39(38)49(44)45(41)50-40/h1-26,36-37,44,46-48H. The summed E-state index contributed by atoms with van der Waals surface area (Å²) >= 11 is 1.89. The minimum Gasteiger partial charge on any atom is -0.373 e. The summed E-state index contributed by atoms with van der Waals surface area (Å²) in [5.41, 5.74) is 16.1. The van der Waals surface area contributed by atoms with Crippen molar-refractivity contribution in [2.45, 2.75) is 18.2 Å². The van der Waals surface area contributed by atoms with E-state index in [0.29, 0.717) is 0 Å². The summed E-state index contributed by atoms with van der Waals surface area (Å²) < 4.78 is 1.31. The van der Waals surface area contributed by atoms with Gasteiger partial charge in [-0.3, -0.25) is 0 Å². The number of nitrogens with zero attached hydrogens (tertiary/aromatic N) is 1. The van der Waals surface area contributed by atoms with Gasteiger partial charge in [0.2, 0.25) is 0 Å². The summed E-state index contributed by atoms with van der Waals surface area (Å²) in [4.78, 5) is 2.50. The highest BCUT2D eigenvalue weighted by Crippen LogP contribution is 2.59. The second-order valence-corrected chi connectivity index (χ2v) is 14.5. The second-order valence-electron chi connectivity index (χ2n) is 13.5. The number of benzene rings is 6. The molecular formula is C45H32N4S. The van der Waals surface area contributed by atoms with E-state index in [0.717, 1.165) is 11.4 Å². The van der Waals surface area contributed by atoms with Crippen LogP contribution >= 0.6 is 11.3 Å². The number of nitrogens with one attached hydrogen (secondary N) is 3. The van der Waals surface area contributed by atoms with Crippen LogP contribution in [0.25, 0.3) is 44.5 Å². The molecule has 3 unspecified atom stereocenters. The molecule has 0 saturated carbocycles. The maximum Gasteiger partial charge on any atom is 0.131 e. The molecule has 0 spiro atoms. The van der Waals surface area contributed by atoms with Crippen molar-refractivity contribution in [1.82, 2.24) is 0 Å². The van der Waals surface area contributed by atoms with Gasteiger partial charge < -0.3 is 20.9 Å². The topological polar surface area (TPSA) is 39.3 Å². The van der Waals surface area contributed by atoms with Crippen LogP contribution < -0.4 is 20.9 Å². The molecule has 11 rings (SSSR count). The summed E-state index contributed by atoms with van der Waals surface area (Å²) in [6.45, 7) is 0. The molecule has 5 heterocycles. The minimum absolute atomic E-state index is 0.0565. The Hall–Kier alpha value is -6.04. The third kappa shape index (κ3) is 4.17. The molecule has 0 bridgehead atoms. The first-order valence-electron chi connectivity index (χ1n) is 17.3. The van der Waals surface area contributed by atoms with Gasteiger partial charge in [0.1, 0.15) is 11.2 Å². The Morgan fingerprint density at radius 3 is 2.10 bits per heavy atom. The van der Waals surface area contributed by atoms with E-state index in [-0.39, 0.29) is 18.2 Å². The molecule has 50 heavy (non-hydrogen) atoms. The van der Waals surface area contributed by atoms with Crippen LogP contribution in [0.5, 0.6) is 0 Å². The number of anilines is 5. The average molecular weight is 661 g/mol. The first kappa shape index (κ1) is 27.9. The number of thiophene rings is 1. The lowest BCUT2D eigenvalue weighted by atomic mass is 9.91. The molecule has 1 aromatic heterocycles. The highest BCUT2D eigenvalue weighted by Gasteiger charge is 2.39. The van der Waals surface area contributed by atoms with E-state index in [2.05, 4.69) is 179 Å². The predicted octanol–water partition coefficient (Wildman–Crippen LogP) is 12.2. The SMILES string of the molecule is C1=CC(c2ccccc2)Nc2c1ccc1c2NC(c2cccc(-c3ccc4sc5c(c4c3)-c3ccccc3C3Nc4ccccc4N53)c2)C=C1. The summed E-state index contributed by atoms with van der Waals surface area (Å²) in [5, 5.41) is 14.2. The van der Waals surface area contributed by atoms with Crippen LogP contribution in [0.4, 0.5) is 27.8 Å². The molecular weight excluding hydrogens is 629 g/mol. The van der Waals surface area contributed by atoms with Gasteiger partial charge in [-0.1, -0.05) is 127 Å². The molecule has 0 fully saturated rings. The normalized spacial score (nSPS) is 18.9. The molecule has 3 N–H and O–H groups in total. The summed E-state index contributed by atoms with van der Waals surface area (Å²) in [6.07, 6.45) is 9.15. The Balaban J connectivity index is 0.959. The average Bonchev–Trinajstić information content (AvgIpc) is 3.77. The number of para-hydroxylation sites is 2. The van der Waals surface area contributed by atoms with Gasteiger partial charge >= 0.3 is 0 Å². The van der Waals surface area contributed by atoms with Crippen LogP contribution in [0.15, 0.2) is 146 Å². The van der Waals surface area contributed by atoms with Crippen molar-refractivity contribution in [2.24, 2.45) is 0 Å². The molecule has 3 atom stereocenters. The maximum absolute atomic E-state index is 3.91. The van der Waals surface area contributed by atoms with Gasteiger partial charge in [-0.15, -0.1) is 11.3 Å². The third-order valence-corrected chi connectivity index (χ3v) is 11.8. The Morgan fingerprint density at radius 2 is 1.26 bits per heavy atom. The van der Waals surface area contributed by atoms with Crippen molar-refractivity contribution in [3.05, 3.63) is 173 Å². The van der Waals surface area contributed by atoms with Crippen molar-refractivity contribution in [1.29, 1.82) is 0 Å². The van der Waals surface area contributed by atoms with Crippen LogP contribution in [0.1, 0.15) is 46.1 Å². The fourth-order valence-corrected chi connectivity index (χ4v) is 9.49. The van der Waals surface area contributed by atoms with Gasteiger partial charge in [-0.25, -0.2) is 0 Å². The lowest BCUT2D eigenvalue weighted by Gasteiger charge is -2.33. The number of fused-ring (bicyclic) bond motifs is 13. The Kier molecular flexibility index (Phi) is 5.98. The molecule has 0 amide bonds. The van der Waals surface area contributed by atoms with Crippen molar-refractivity contribution < 1.29 is 0 Å². The fraction of sp³-hybridized carbons (Fsp3) is 0.0667. The fourth-order valence-electron chi connectivity index (χ4n) is 8.25. The summed E-state index contributed by atoms with van der Waals surface area (Å²) in [6, 6.07) is 48.9. The lowest BCUT2D eigenvalue weighted by Crippen LogP contribution is -2.26.